The molecule has 5 nitrogen and oxygen atoms in total. The van der Waals surface area contributed by atoms with Crippen molar-refractivity contribution in [1.29, 1.82) is 0 Å². The van der Waals surface area contributed by atoms with Gasteiger partial charge in [-0.1, -0.05) is 6.07 Å². The highest BCUT2D eigenvalue weighted by atomic mass is 19.1. The van der Waals surface area contributed by atoms with Gasteiger partial charge in [0.2, 0.25) is 0 Å². The molecule has 1 heterocycles. The van der Waals surface area contributed by atoms with Gasteiger partial charge in [-0.05, 0) is 18.6 Å². The number of benzene rings is 1. The fraction of sp³-hybridized carbons (Fsp3) is 0.231. The Morgan fingerprint density at radius 1 is 1.30 bits per heavy atom. The smallest absolute Gasteiger partial charge is 0.318 e. The lowest BCUT2D eigenvalue weighted by molar-refractivity contribution is 0.271. The van der Waals surface area contributed by atoms with Crippen LogP contribution >= 0.6 is 0 Å². The summed E-state index contributed by atoms with van der Waals surface area (Å²) in [6.07, 6.45) is 0.895. The van der Waals surface area contributed by atoms with Crippen molar-refractivity contribution >= 4 is 5.82 Å². The highest BCUT2D eigenvalue weighted by Crippen LogP contribution is 2.24. The van der Waals surface area contributed by atoms with Crippen molar-refractivity contribution in [3.63, 3.8) is 0 Å². The highest BCUT2D eigenvalue weighted by Gasteiger charge is 2.13. The van der Waals surface area contributed by atoms with Gasteiger partial charge in [-0.3, -0.25) is 0 Å². The quantitative estimate of drug-likeness (QED) is 0.930. The lowest BCUT2D eigenvalue weighted by atomic mass is 10.1. The molecule has 0 radical (unpaired) electrons. The summed E-state index contributed by atoms with van der Waals surface area (Å²) in [7, 11) is 1.38. The molecule has 1 aromatic carbocycles. The van der Waals surface area contributed by atoms with Crippen molar-refractivity contribution in [3.05, 3.63) is 41.1 Å². The van der Waals surface area contributed by atoms with Crippen molar-refractivity contribution in [1.82, 2.24) is 9.97 Å². The molecule has 1 aromatic heterocycles. The Labute approximate surface area is 114 Å². The number of halogens is 2. The van der Waals surface area contributed by atoms with Crippen molar-refractivity contribution < 1.29 is 18.3 Å². The van der Waals surface area contributed by atoms with Crippen LogP contribution in [0.4, 0.5) is 14.6 Å². The molecule has 2 rings (SSSR count). The van der Waals surface area contributed by atoms with Gasteiger partial charge in [-0.25, -0.2) is 13.8 Å². The van der Waals surface area contributed by atoms with Crippen LogP contribution in [0.25, 0.3) is 0 Å². The normalized spacial score (nSPS) is 10.4. The third kappa shape index (κ3) is 2.76. The molecule has 0 aliphatic rings. The molecule has 0 unspecified atom stereocenters. The van der Waals surface area contributed by atoms with Gasteiger partial charge in [0.1, 0.15) is 6.61 Å². The minimum atomic E-state index is -0.735. The monoisotopic (exact) mass is 281 g/mol. The average molecular weight is 281 g/mol. The summed E-state index contributed by atoms with van der Waals surface area (Å²) in [6.45, 7) is 1.63. The van der Waals surface area contributed by atoms with Gasteiger partial charge in [0, 0.05) is 5.56 Å². The maximum absolute atomic E-state index is 14.0. The molecule has 2 N–H and O–H groups in total. The van der Waals surface area contributed by atoms with E-state index in [-0.39, 0.29) is 24.2 Å². The largest absolute Gasteiger partial charge is 0.494 e. The second-order valence-corrected chi connectivity index (χ2v) is 4.05. The molecule has 106 valence electrons. The van der Waals surface area contributed by atoms with Crippen LogP contribution in [0, 0.1) is 18.6 Å². The summed E-state index contributed by atoms with van der Waals surface area (Å²) in [6, 6.07) is 3.12. The van der Waals surface area contributed by atoms with Gasteiger partial charge in [0.15, 0.2) is 23.2 Å². The third-order valence-corrected chi connectivity index (χ3v) is 2.76. The number of nitrogens with zero attached hydrogens (tertiary/aromatic N) is 2. The van der Waals surface area contributed by atoms with Crippen LogP contribution in [0.1, 0.15) is 11.1 Å². The third-order valence-electron chi connectivity index (χ3n) is 2.76. The van der Waals surface area contributed by atoms with Crippen LogP contribution in [-0.2, 0) is 6.61 Å². The summed E-state index contributed by atoms with van der Waals surface area (Å²) in [4.78, 5) is 7.22. The number of methoxy groups -OCH3 is 1. The summed E-state index contributed by atoms with van der Waals surface area (Å²) in [5.41, 5.74) is 6.30. The first kappa shape index (κ1) is 14.0. The molecule has 7 heteroatoms. The molecule has 0 atom stereocenters. The fourth-order valence-corrected chi connectivity index (χ4v) is 1.60. The van der Waals surface area contributed by atoms with Gasteiger partial charge in [0.05, 0.1) is 13.3 Å². The van der Waals surface area contributed by atoms with Crippen LogP contribution in [0.15, 0.2) is 18.3 Å². The highest BCUT2D eigenvalue weighted by molar-refractivity contribution is 5.37. The van der Waals surface area contributed by atoms with E-state index in [0.717, 1.165) is 6.20 Å². The topological polar surface area (TPSA) is 70.3 Å². The molecule has 0 fully saturated rings. The number of ether oxygens (including phenoxy) is 2. The van der Waals surface area contributed by atoms with E-state index < -0.39 is 11.6 Å². The average Bonchev–Trinajstić information content (AvgIpc) is 2.42. The van der Waals surface area contributed by atoms with Crippen molar-refractivity contribution in [2.45, 2.75) is 13.5 Å². The fourth-order valence-electron chi connectivity index (χ4n) is 1.60. The number of nitrogen functional groups attached to an aromatic ring is 1. The van der Waals surface area contributed by atoms with Crippen molar-refractivity contribution in [2.24, 2.45) is 0 Å². The first-order valence-corrected chi connectivity index (χ1v) is 5.75. The Hall–Kier alpha value is -2.44. The SMILES string of the molecule is COc1ccc(C)c(COc2ncc(F)c(N)n2)c1F. The Balaban J connectivity index is 2.20. The van der Waals surface area contributed by atoms with Crippen LogP contribution in [0.3, 0.4) is 0 Å². The van der Waals surface area contributed by atoms with Crippen LogP contribution in [0.5, 0.6) is 11.8 Å². The molecule has 0 spiro atoms. The Bertz CT molecular complexity index is 635. The van der Waals surface area contributed by atoms with E-state index in [1.54, 1.807) is 13.0 Å². The number of rotatable bonds is 4. The molecule has 0 aliphatic heterocycles. The Kier molecular flexibility index (Phi) is 3.97. The summed E-state index contributed by atoms with van der Waals surface area (Å²) >= 11 is 0. The maximum atomic E-state index is 14.0. The zero-order valence-corrected chi connectivity index (χ0v) is 11.0. The van der Waals surface area contributed by atoms with E-state index in [2.05, 4.69) is 9.97 Å². The minimum Gasteiger partial charge on any atom is -0.494 e. The predicted octanol–water partition coefficient (Wildman–Crippen LogP) is 2.23. The van der Waals surface area contributed by atoms with Crippen LogP contribution in [0.2, 0.25) is 0 Å². The summed E-state index contributed by atoms with van der Waals surface area (Å²) < 4.78 is 37.1. The number of aromatic nitrogens is 2. The standard InChI is InChI=1S/C13H13F2N3O2/c1-7-3-4-10(19-2)11(15)8(7)6-20-13-17-5-9(14)12(16)18-13/h3-5H,6H2,1-2H3,(H2,16,17,18). The Morgan fingerprint density at radius 3 is 2.70 bits per heavy atom. The first-order valence-electron chi connectivity index (χ1n) is 5.75. The van der Waals surface area contributed by atoms with Gasteiger partial charge >= 0.3 is 6.01 Å². The molecule has 0 bridgehead atoms. The van der Waals surface area contributed by atoms with Gasteiger partial charge < -0.3 is 15.2 Å². The van der Waals surface area contributed by atoms with E-state index in [1.165, 1.54) is 13.2 Å². The van der Waals surface area contributed by atoms with Crippen LogP contribution in [-0.4, -0.2) is 17.1 Å². The lowest BCUT2D eigenvalue weighted by Crippen LogP contribution is -2.06. The molecular weight excluding hydrogens is 268 g/mol. The molecule has 0 amide bonds. The second kappa shape index (κ2) is 5.68. The molecular formula is C13H13F2N3O2. The number of aryl methyl sites for hydroxylation is 1. The maximum Gasteiger partial charge on any atom is 0.318 e. The van der Waals surface area contributed by atoms with E-state index in [4.69, 9.17) is 15.2 Å². The summed E-state index contributed by atoms with van der Waals surface area (Å²) in [5, 5.41) is 0. The number of hydrogen-bond acceptors (Lipinski definition) is 5. The molecule has 0 aliphatic carbocycles. The van der Waals surface area contributed by atoms with Crippen molar-refractivity contribution in [3.8, 4) is 11.8 Å². The van der Waals surface area contributed by atoms with Crippen LogP contribution < -0.4 is 15.2 Å². The molecule has 0 saturated carbocycles. The zero-order valence-electron chi connectivity index (χ0n) is 11.0. The zero-order chi connectivity index (χ0) is 14.7. The molecule has 2 aromatic rings. The van der Waals surface area contributed by atoms with Gasteiger partial charge in [0.25, 0.3) is 0 Å². The minimum absolute atomic E-state index is 0.111. The van der Waals surface area contributed by atoms with E-state index in [1.807, 2.05) is 0 Å². The number of nitrogens with two attached hydrogens (primary N) is 1. The lowest BCUT2D eigenvalue weighted by Gasteiger charge is -2.11. The van der Waals surface area contributed by atoms with E-state index in [9.17, 15) is 8.78 Å². The van der Waals surface area contributed by atoms with Gasteiger partial charge in [-0.2, -0.15) is 4.98 Å². The molecule has 20 heavy (non-hydrogen) atoms. The Morgan fingerprint density at radius 2 is 2.05 bits per heavy atom. The molecule has 0 saturated heterocycles. The first-order chi connectivity index (χ1) is 9.52. The van der Waals surface area contributed by atoms with Gasteiger partial charge in [-0.15, -0.1) is 0 Å². The summed E-state index contributed by atoms with van der Waals surface area (Å²) in [5.74, 6) is -1.45. The second-order valence-electron chi connectivity index (χ2n) is 4.05. The van der Waals surface area contributed by atoms with Crippen molar-refractivity contribution in [2.75, 3.05) is 12.8 Å². The predicted molar refractivity (Wildman–Crippen MR) is 68.4 cm³/mol. The number of hydrogen-bond donors (Lipinski definition) is 1. The number of anilines is 1. The van der Waals surface area contributed by atoms with E-state index >= 15 is 0 Å². The van der Waals surface area contributed by atoms with E-state index in [0.29, 0.717) is 11.1 Å².